The second-order valence-corrected chi connectivity index (χ2v) is 4.97. The van der Waals surface area contributed by atoms with Crippen LogP contribution >= 0.6 is 15.9 Å². The van der Waals surface area contributed by atoms with Gasteiger partial charge < -0.3 is 4.74 Å². The Kier molecular flexibility index (Phi) is 2.93. The lowest BCUT2D eigenvalue weighted by Crippen LogP contribution is -2.07. The van der Waals surface area contributed by atoms with E-state index < -0.39 is 0 Å². The molecule has 0 spiro atoms. The summed E-state index contributed by atoms with van der Waals surface area (Å²) in [5.74, 6) is 0. The SMILES string of the molecule is CC(C)O[C@H]1CCc2cc(Br)ccc21. The lowest BCUT2D eigenvalue weighted by Gasteiger charge is -2.16. The molecule has 0 heterocycles. The zero-order valence-electron chi connectivity index (χ0n) is 8.59. The average molecular weight is 255 g/mol. The molecule has 1 aromatic rings. The quantitative estimate of drug-likeness (QED) is 0.779. The summed E-state index contributed by atoms with van der Waals surface area (Å²) >= 11 is 3.49. The molecule has 0 N–H and O–H groups in total. The molecule has 2 rings (SSSR count). The molecule has 1 atom stereocenters. The Hall–Kier alpha value is -0.340. The van der Waals surface area contributed by atoms with Gasteiger partial charge in [0.25, 0.3) is 0 Å². The number of benzene rings is 1. The van der Waals surface area contributed by atoms with Crippen LogP contribution in [0.15, 0.2) is 22.7 Å². The first-order chi connectivity index (χ1) is 6.66. The average Bonchev–Trinajstić information content (AvgIpc) is 2.47. The van der Waals surface area contributed by atoms with Gasteiger partial charge in [-0.15, -0.1) is 0 Å². The van der Waals surface area contributed by atoms with Gasteiger partial charge in [0.15, 0.2) is 0 Å². The fraction of sp³-hybridized carbons (Fsp3) is 0.500. The summed E-state index contributed by atoms with van der Waals surface area (Å²) in [6.45, 7) is 4.19. The van der Waals surface area contributed by atoms with Crippen molar-refractivity contribution in [1.82, 2.24) is 0 Å². The molecule has 1 aliphatic carbocycles. The molecule has 0 radical (unpaired) electrons. The molecule has 0 bridgehead atoms. The Balaban J connectivity index is 2.22. The third kappa shape index (κ3) is 2.01. The summed E-state index contributed by atoms with van der Waals surface area (Å²) in [5.41, 5.74) is 2.81. The van der Waals surface area contributed by atoms with Crippen molar-refractivity contribution in [3.05, 3.63) is 33.8 Å². The van der Waals surface area contributed by atoms with Gasteiger partial charge in [-0.05, 0) is 49.9 Å². The maximum absolute atomic E-state index is 5.86. The first kappa shape index (κ1) is 10.2. The van der Waals surface area contributed by atoms with Gasteiger partial charge in [-0.2, -0.15) is 0 Å². The summed E-state index contributed by atoms with van der Waals surface area (Å²) in [5, 5.41) is 0. The first-order valence-electron chi connectivity index (χ1n) is 5.10. The lowest BCUT2D eigenvalue weighted by molar-refractivity contribution is 0.00790. The first-order valence-corrected chi connectivity index (χ1v) is 5.90. The van der Waals surface area contributed by atoms with Crippen LogP contribution < -0.4 is 0 Å². The van der Waals surface area contributed by atoms with Gasteiger partial charge in [-0.1, -0.05) is 22.0 Å². The van der Waals surface area contributed by atoms with Crippen molar-refractivity contribution in [1.29, 1.82) is 0 Å². The van der Waals surface area contributed by atoms with E-state index in [9.17, 15) is 0 Å². The molecule has 1 aliphatic rings. The second-order valence-electron chi connectivity index (χ2n) is 4.06. The number of aryl methyl sites for hydroxylation is 1. The predicted octanol–water partition coefficient (Wildman–Crippen LogP) is 3.86. The van der Waals surface area contributed by atoms with Crippen molar-refractivity contribution < 1.29 is 4.74 Å². The minimum absolute atomic E-state index is 0.314. The van der Waals surface area contributed by atoms with Crippen molar-refractivity contribution in [3.8, 4) is 0 Å². The Bertz CT molecular complexity index is 333. The van der Waals surface area contributed by atoms with Gasteiger partial charge >= 0.3 is 0 Å². The Morgan fingerprint density at radius 2 is 2.21 bits per heavy atom. The van der Waals surface area contributed by atoms with Crippen LogP contribution in [0.25, 0.3) is 0 Å². The highest BCUT2D eigenvalue weighted by atomic mass is 79.9. The molecule has 0 aromatic heterocycles. The minimum Gasteiger partial charge on any atom is -0.371 e. The summed E-state index contributed by atoms with van der Waals surface area (Å²) in [4.78, 5) is 0. The van der Waals surface area contributed by atoms with Gasteiger partial charge in [0.1, 0.15) is 0 Å². The van der Waals surface area contributed by atoms with E-state index in [1.807, 2.05) is 0 Å². The number of fused-ring (bicyclic) bond motifs is 1. The smallest absolute Gasteiger partial charge is 0.0834 e. The fourth-order valence-electron chi connectivity index (χ4n) is 2.02. The Morgan fingerprint density at radius 3 is 2.93 bits per heavy atom. The van der Waals surface area contributed by atoms with E-state index in [4.69, 9.17) is 4.74 Å². The molecule has 0 aliphatic heterocycles. The van der Waals surface area contributed by atoms with Gasteiger partial charge in [-0.25, -0.2) is 0 Å². The molecule has 1 nitrogen and oxygen atoms in total. The molecular weight excluding hydrogens is 240 g/mol. The van der Waals surface area contributed by atoms with Crippen LogP contribution in [-0.2, 0) is 11.2 Å². The molecule has 0 saturated carbocycles. The lowest BCUT2D eigenvalue weighted by atomic mass is 10.1. The summed E-state index contributed by atoms with van der Waals surface area (Å²) in [6, 6.07) is 6.49. The summed E-state index contributed by atoms with van der Waals surface area (Å²) < 4.78 is 7.03. The van der Waals surface area contributed by atoms with E-state index in [1.54, 1.807) is 0 Å². The predicted molar refractivity (Wildman–Crippen MR) is 61.4 cm³/mol. The third-order valence-electron chi connectivity index (χ3n) is 2.56. The highest BCUT2D eigenvalue weighted by molar-refractivity contribution is 9.10. The van der Waals surface area contributed by atoms with Gasteiger partial charge in [0, 0.05) is 4.47 Å². The largest absolute Gasteiger partial charge is 0.371 e. The molecule has 0 unspecified atom stereocenters. The van der Waals surface area contributed by atoms with Gasteiger partial charge in [0.2, 0.25) is 0 Å². The van der Waals surface area contributed by atoms with Crippen molar-refractivity contribution in [2.45, 2.75) is 38.9 Å². The van der Waals surface area contributed by atoms with Crippen LogP contribution in [0.3, 0.4) is 0 Å². The van der Waals surface area contributed by atoms with Crippen molar-refractivity contribution >= 4 is 15.9 Å². The monoisotopic (exact) mass is 254 g/mol. The van der Waals surface area contributed by atoms with E-state index in [0.29, 0.717) is 12.2 Å². The normalized spacial score (nSPS) is 20.1. The Labute approximate surface area is 93.6 Å². The van der Waals surface area contributed by atoms with Gasteiger partial charge in [0.05, 0.1) is 12.2 Å². The van der Waals surface area contributed by atoms with Crippen molar-refractivity contribution in [2.75, 3.05) is 0 Å². The summed E-state index contributed by atoms with van der Waals surface area (Å²) in [7, 11) is 0. The number of ether oxygens (including phenoxy) is 1. The van der Waals surface area contributed by atoms with E-state index >= 15 is 0 Å². The molecule has 0 amide bonds. The van der Waals surface area contributed by atoms with E-state index in [-0.39, 0.29) is 0 Å². The molecule has 2 heteroatoms. The molecule has 0 saturated heterocycles. The van der Waals surface area contributed by atoms with Gasteiger partial charge in [-0.3, -0.25) is 0 Å². The number of rotatable bonds is 2. The van der Waals surface area contributed by atoms with Crippen LogP contribution in [0.2, 0.25) is 0 Å². The van der Waals surface area contributed by atoms with Crippen LogP contribution in [0.4, 0.5) is 0 Å². The van der Waals surface area contributed by atoms with Crippen LogP contribution in [0.1, 0.15) is 37.5 Å². The second kappa shape index (κ2) is 4.03. The maximum Gasteiger partial charge on any atom is 0.0834 e. The van der Waals surface area contributed by atoms with Crippen LogP contribution in [-0.4, -0.2) is 6.10 Å². The van der Waals surface area contributed by atoms with Crippen LogP contribution in [0, 0.1) is 0 Å². The number of hydrogen-bond acceptors (Lipinski definition) is 1. The third-order valence-corrected chi connectivity index (χ3v) is 3.06. The molecule has 14 heavy (non-hydrogen) atoms. The summed E-state index contributed by atoms with van der Waals surface area (Å²) in [6.07, 6.45) is 2.91. The zero-order valence-corrected chi connectivity index (χ0v) is 10.2. The van der Waals surface area contributed by atoms with Crippen LogP contribution in [0.5, 0.6) is 0 Å². The zero-order chi connectivity index (χ0) is 10.1. The van der Waals surface area contributed by atoms with Crippen molar-refractivity contribution in [2.24, 2.45) is 0 Å². The fourth-order valence-corrected chi connectivity index (χ4v) is 2.43. The van der Waals surface area contributed by atoms with E-state index in [0.717, 1.165) is 12.8 Å². The minimum atomic E-state index is 0.314. The molecule has 76 valence electrons. The number of halogens is 1. The van der Waals surface area contributed by atoms with E-state index in [1.165, 1.54) is 15.6 Å². The van der Waals surface area contributed by atoms with E-state index in [2.05, 4.69) is 48.0 Å². The Morgan fingerprint density at radius 1 is 1.43 bits per heavy atom. The van der Waals surface area contributed by atoms with Crippen molar-refractivity contribution in [3.63, 3.8) is 0 Å². The maximum atomic E-state index is 5.86. The molecule has 0 fully saturated rings. The highest BCUT2D eigenvalue weighted by Gasteiger charge is 2.23. The standard InChI is InChI=1S/C12H15BrO/c1-8(2)14-12-6-3-9-7-10(13)4-5-11(9)12/h4-5,7-8,12H,3,6H2,1-2H3/t12-/m0/s1. The highest BCUT2D eigenvalue weighted by Crippen LogP contribution is 2.35. The molecular formula is C12H15BrO. The number of hydrogen-bond donors (Lipinski definition) is 0. The molecule has 1 aromatic carbocycles. The topological polar surface area (TPSA) is 9.23 Å².